The Kier molecular flexibility index (Phi) is 7.51. The number of piperidine rings is 1. The first-order valence-corrected chi connectivity index (χ1v) is 11.1. The fraction of sp³-hybridized carbons (Fsp3) is 0.462. The Balaban J connectivity index is 1.62. The van der Waals surface area contributed by atoms with E-state index in [4.69, 9.17) is 0 Å². The highest BCUT2D eigenvalue weighted by Crippen LogP contribution is 2.40. The molecule has 1 unspecified atom stereocenters. The summed E-state index contributed by atoms with van der Waals surface area (Å²) in [5.74, 6) is 0. The molecule has 0 bridgehead atoms. The molecule has 1 aliphatic heterocycles. The first kappa shape index (κ1) is 21.6. The summed E-state index contributed by atoms with van der Waals surface area (Å²) >= 11 is 0. The van der Waals surface area contributed by atoms with Crippen molar-refractivity contribution in [3.05, 3.63) is 76.5 Å². The molecule has 1 aromatic carbocycles. The predicted molar refractivity (Wildman–Crippen MR) is 125 cm³/mol. The van der Waals surface area contributed by atoms with Gasteiger partial charge in [-0.15, -0.1) is 0 Å². The Morgan fingerprint density at radius 3 is 2.83 bits per heavy atom. The van der Waals surface area contributed by atoms with Crippen LogP contribution in [0.5, 0.6) is 0 Å². The van der Waals surface area contributed by atoms with Crippen molar-refractivity contribution in [3.8, 4) is 0 Å². The first-order chi connectivity index (χ1) is 14.1. The van der Waals surface area contributed by atoms with Crippen LogP contribution in [-0.2, 0) is 6.42 Å². The van der Waals surface area contributed by atoms with Crippen LogP contribution < -0.4 is 5.43 Å². The van der Waals surface area contributed by atoms with Crippen LogP contribution in [0.4, 0.5) is 0 Å². The van der Waals surface area contributed by atoms with Crippen LogP contribution in [0.2, 0.25) is 0 Å². The number of fused-ring (bicyclic) bond motifs is 1. The predicted octanol–water partition coefficient (Wildman–Crippen LogP) is 5.34. The normalized spacial score (nSPS) is 20.9. The minimum Gasteiger partial charge on any atom is -0.367 e. The standard InChI is InChI=1S/C26H37N3/c1-6-21-13-9-10-14-23(21)16-17-28(5)27-19-24-18-22(7-2)26-20(4)12-11-15-25(26)29(24)8-3/h6-7,9-10,13-15,24,27H,1,8,11-12,16-19H2,2-5H3/b22-7-. The van der Waals surface area contributed by atoms with Crippen molar-refractivity contribution >= 4 is 6.08 Å². The Bertz CT molecular complexity index is 815. The lowest BCUT2D eigenvalue weighted by Crippen LogP contribution is -2.49. The summed E-state index contributed by atoms with van der Waals surface area (Å²) < 4.78 is 0. The summed E-state index contributed by atoms with van der Waals surface area (Å²) in [6.45, 7) is 13.7. The van der Waals surface area contributed by atoms with Gasteiger partial charge in [-0.1, -0.05) is 54.6 Å². The molecule has 0 amide bonds. The van der Waals surface area contributed by atoms with Crippen LogP contribution in [0.3, 0.4) is 0 Å². The fourth-order valence-electron chi connectivity index (χ4n) is 4.70. The lowest BCUT2D eigenvalue weighted by molar-refractivity contribution is 0.175. The monoisotopic (exact) mass is 391 g/mol. The van der Waals surface area contributed by atoms with Gasteiger partial charge in [-0.05, 0) is 68.7 Å². The molecular weight excluding hydrogens is 354 g/mol. The summed E-state index contributed by atoms with van der Waals surface area (Å²) in [4.78, 5) is 2.61. The van der Waals surface area contributed by atoms with E-state index in [0.717, 1.165) is 32.5 Å². The third-order valence-corrected chi connectivity index (χ3v) is 6.34. The molecule has 3 rings (SSSR count). The van der Waals surface area contributed by atoms with Crippen molar-refractivity contribution in [3.63, 3.8) is 0 Å². The van der Waals surface area contributed by atoms with Gasteiger partial charge < -0.3 is 4.90 Å². The van der Waals surface area contributed by atoms with E-state index >= 15 is 0 Å². The zero-order chi connectivity index (χ0) is 20.8. The van der Waals surface area contributed by atoms with E-state index in [1.54, 1.807) is 5.57 Å². The van der Waals surface area contributed by atoms with Crippen molar-refractivity contribution in [1.82, 2.24) is 15.3 Å². The maximum Gasteiger partial charge on any atom is 0.0468 e. The number of hydrogen-bond acceptors (Lipinski definition) is 3. The molecule has 2 aliphatic rings. The van der Waals surface area contributed by atoms with E-state index in [0.29, 0.717) is 6.04 Å². The second-order valence-corrected chi connectivity index (χ2v) is 8.18. The van der Waals surface area contributed by atoms with Gasteiger partial charge in [0.1, 0.15) is 0 Å². The van der Waals surface area contributed by atoms with Gasteiger partial charge in [0.25, 0.3) is 0 Å². The lowest BCUT2D eigenvalue weighted by atomic mass is 9.82. The molecule has 3 heteroatoms. The molecule has 1 aliphatic carbocycles. The highest BCUT2D eigenvalue weighted by molar-refractivity contribution is 5.53. The fourth-order valence-corrected chi connectivity index (χ4v) is 4.70. The third-order valence-electron chi connectivity index (χ3n) is 6.34. The van der Waals surface area contributed by atoms with Gasteiger partial charge in [-0.25, -0.2) is 5.01 Å². The maximum absolute atomic E-state index is 3.94. The number of hydrogen-bond donors (Lipinski definition) is 1. The van der Waals surface area contributed by atoms with Crippen molar-refractivity contribution in [1.29, 1.82) is 0 Å². The van der Waals surface area contributed by atoms with E-state index in [9.17, 15) is 0 Å². The molecule has 0 saturated carbocycles. The highest BCUT2D eigenvalue weighted by Gasteiger charge is 2.32. The first-order valence-electron chi connectivity index (χ1n) is 11.1. The second-order valence-electron chi connectivity index (χ2n) is 8.18. The quantitative estimate of drug-likeness (QED) is 0.603. The minimum absolute atomic E-state index is 0.495. The molecule has 1 saturated heterocycles. The number of allylic oxidation sites excluding steroid dienone is 4. The maximum atomic E-state index is 3.94. The number of likely N-dealkylation sites (tertiary alicyclic amines) is 1. The van der Waals surface area contributed by atoms with E-state index in [1.165, 1.54) is 40.8 Å². The molecule has 156 valence electrons. The Hall–Kier alpha value is -2.10. The van der Waals surface area contributed by atoms with E-state index in [2.05, 4.69) is 86.1 Å². The number of rotatable bonds is 8. The average Bonchev–Trinajstić information content (AvgIpc) is 2.75. The largest absolute Gasteiger partial charge is 0.367 e. The average molecular weight is 392 g/mol. The van der Waals surface area contributed by atoms with Gasteiger partial charge in [-0.3, -0.25) is 5.43 Å². The SMILES string of the molecule is C=Cc1ccccc1CCN(C)NCC1C/C(=C/C)C2=C(C)CCC=C2N1CC. The molecule has 1 heterocycles. The van der Waals surface area contributed by atoms with E-state index in [1.807, 2.05) is 6.08 Å². The lowest BCUT2D eigenvalue weighted by Gasteiger charge is -2.44. The molecular formula is C26H37N3. The van der Waals surface area contributed by atoms with Crippen molar-refractivity contribution in [2.75, 3.05) is 26.7 Å². The van der Waals surface area contributed by atoms with E-state index in [-0.39, 0.29) is 0 Å². The summed E-state index contributed by atoms with van der Waals surface area (Å²) in [5.41, 5.74) is 12.3. The van der Waals surface area contributed by atoms with E-state index < -0.39 is 0 Å². The Morgan fingerprint density at radius 1 is 1.31 bits per heavy atom. The number of likely N-dealkylation sites (N-methyl/N-ethyl adjacent to an activating group) is 2. The number of nitrogens with one attached hydrogen (secondary N) is 1. The molecule has 1 fully saturated rings. The molecule has 0 spiro atoms. The summed E-state index contributed by atoms with van der Waals surface area (Å²) in [6, 6.07) is 9.03. The van der Waals surface area contributed by atoms with Crippen LogP contribution in [-0.4, -0.2) is 42.6 Å². The summed E-state index contributed by atoms with van der Waals surface area (Å²) in [5, 5.41) is 2.24. The molecule has 0 aromatic heterocycles. The second kappa shape index (κ2) is 10.1. The van der Waals surface area contributed by atoms with Crippen LogP contribution in [0.15, 0.2) is 65.4 Å². The summed E-state index contributed by atoms with van der Waals surface area (Å²) in [6.07, 6.45) is 11.2. The molecule has 29 heavy (non-hydrogen) atoms. The van der Waals surface area contributed by atoms with Gasteiger partial charge in [0.2, 0.25) is 0 Å². The van der Waals surface area contributed by atoms with Gasteiger partial charge in [0, 0.05) is 38.4 Å². The summed E-state index contributed by atoms with van der Waals surface area (Å²) in [7, 11) is 2.15. The zero-order valence-corrected chi connectivity index (χ0v) is 18.7. The number of nitrogens with zero attached hydrogens (tertiary/aromatic N) is 2. The smallest absolute Gasteiger partial charge is 0.0468 e. The molecule has 1 aromatic rings. The minimum atomic E-state index is 0.495. The van der Waals surface area contributed by atoms with Crippen molar-refractivity contribution < 1.29 is 0 Å². The number of hydrazine groups is 1. The Morgan fingerprint density at radius 2 is 2.10 bits per heavy atom. The van der Waals surface area contributed by atoms with Crippen LogP contribution >= 0.6 is 0 Å². The van der Waals surface area contributed by atoms with Gasteiger partial charge in [0.15, 0.2) is 0 Å². The van der Waals surface area contributed by atoms with Crippen molar-refractivity contribution in [2.45, 2.75) is 52.5 Å². The third kappa shape index (κ3) is 4.91. The topological polar surface area (TPSA) is 18.5 Å². The van der Waals surface area contributed by atoms with Crippen LogP contribution in [0.25, 0.3) is 6.08 Å². The Labute approximate surface area is 177 Å². The number of benzene rings is 1. The van der Waals surface area contributed by atoms with Gasteiger partial charge in [-0.2, -0.15) is 0 Å². The van der Waals surface area contributed by atoms with Crippen LogP contribution in [0, 0.1) is 0 Å². The molecule has 0 radical (unpaired) electrons. The molecule has 1 N–H and O–H groups in total. The van der Waals surface area contributed by atoms with Crippen LogP contribution in [0.1, 0.15) is 51.2 Å². The van der Waals surface area contributed by atoms with Gasteiger partial charge >= 0.3 is 0 Å². The molecule has 3 nitrogen and oxygen atoms in total. The molecule has 1 atom stereocenters. The van der Waals surface area contributed by atoms with Crippen molar-refractivity contribution in [2.24, 2.45) is 0 Å². The van der Waals surface area contributed by atoms with Gasteiger partial charge in [0.05, 0.1) is 0 Å². The zero-order valence-electron chi connectivity index (χ0n) is 18.7. The highest BCUT2D eigenvalue weighted by atomic mass is 15.5.